The first-order valence-corrected chi connectivity index (χ1v) is 6.93. The zero-order valence-corrected chi connectivity index (χ0v) is 11.2. The summed E-state index contributed by atoms with van der Waals surface area (Å²) in [7, 11) is 0. The molecule has 0 saturated heterocycles. The van der Waals surface area contributed by atoms with Gasteiger partial charge in [-0.1, -0.05) is 24.9 Å². The van der Waals surface area contributed by atoms with E-state index in [1.807, 2.05) is 0 Å². The van der Waals surface area contributed by atoms with Crippen molar-refractivity contribution in [3.8, 4) is 6.07 Å². The van der Waals surface area contributed by atoms with Crippen LogP contribution in [-0.4, -0.2) is 18.6 Å². The summed E-state index contributed by atoms with van der Waals surface area (Å²) in [6, 6.07) is 2.46. The molecule has 0 heterocycles. The van der Waals surface area contributed by atoms with E-state index in [1.165, 1.54) is 12.8 Å². The topological polar surface area (TPSA) is 84.6 Å². The molecule has 0 radical (unpaired) electrons. The number of rotatable bonds is 7. The molecule has 0 atom stereocenters. The number of hydrogen-bond acceptors (Lipinski definition) is 3. The molecule has 100 valence electrons. The molecular formula is C13H23N5. The molecule has 0 unspecified atom stereocenters. The first-order chi connectivity index (χ1) is 8.76. The molecule has 1 aliphatic carbocycles. The van der Waals surface area contributed by atoms with Gasteiger partial charge in [0, 0.05) is 11.5 Å². The quantitative estimate of drug-likeness (QED) is 0.324. The molecule has 0 amide bonds. The van der Waals surface area contributed by atoms with E-state index in [1.54, 1.807) is 0 Å². The van der Waals surface area contributed by atoms with Crippen LogP contribution >= 0.6 is 0 Å². The van der Waals surface area contributed by atoms with E-state index in [2.05, 4.69) is 28.3 Å². The van der Waals surface area contributed by atoms with Crippen LogP contribution in [-0.2, 0) is 0 Å². The largest absolute Gasteiger partial charge is 0.299 e. The van der Waals surface area contributed by atoms with Gasteiger partial charge in [-0.25, -0.2) is 0 Å². The Morgan fingerprint density at radius 2 is 2.22 bits per heavy atom. The Morgan fingerprint density at radius 3 is 2.78 bits per heavy atom. The number of hydrogen-bond donors (Lipinski definition) is 1. The minimum Gasteiger partial charge on any atom is -0.299 e. The summed E-state index contributed by atoms with van der Waals surface area (Å²) >= 11 is 0. The summed E-state index contributed by atoms with van der Waals surface area (Å²) < 4.78 is 0. The van der Waals surface area contributed by atoms with Crippen LogP contribution in [0, 0.1) is 17.2 Å². The molecule has 0 aromatic rings. The van der Waals surface area contributed by atoms with Crippen molar-refractivity contribution in [2.75, 3.05) is 13.1 Å². The Kier molecular flexibility index (Phi) is 6.56. The zero-order chi connectivity index (χ0) is 13.3. The minimum absolute atomic E-state index is 0.333. The predicted octanol–water partition coefficient (Wildman–Crippen LogP) is 3.53. The minimum atomic E-state index is -0.333. The van der Waals surface area contributed by atoms with Crippen LogP contribution in [0.5, 0.6) is 0 Å². The molecule has 1 aliphatic rings. The lowest BCUT2D eigenvalue weighted by molar-refractivity contribution is 0.229. The van der Waals surface area contributed by atoms with E-state index in [9.17, 15) is 5.26 Å². The third kappa shape index (κ3) is 4.56. The highest BCUT2D eigenvalue weighted by Gasteiger charge is 2.34. The van der Waals surface area contributed by atoms with Crippen molar-refractivity contribution in [2.24, 2.45) is 11.0 Å². The van der Waals surface area contributed by atoms with Gasteiger partial charge in [0.15, 0.2) is 0 Å². The van der Waals surface area contributed by atoms with E-state index in [-0.39, 0.29) is 5.54 Å². The monoisotopic (exact) mass is 249 g/mol. The van der Waals surface area contributed by atoms with Gasteiger partial charge in [-0.2, -0.15) is 5.26 Å². The van der Waals surface area contributed by atoms with Crippen LogP contribution in [0.3, 0.4) is 0 Å². The average Bonchev–Trinajstić information content (AvgIpc) is 2.41. The fraction of sp³-hybridized carbons (Fsp3) is 0.923. The molecule has 5 nitrogen and oxygen atoms in total. The lowest BCUT2D eigenvalue weighted by Gasteiger charge is -2.35. The standard InChI is InChI=1S/C13H23N5/c1-2-4-12-5-7-13(11-14,8-6-12)16-9-3-10-17-18-15/h12,16H,2-10H2,1H3. The lowest BCUT2D eigenvalue weighted by Crippen LogP contribution is -2.47. The SMILES string of the molecule is CCCC1CCC(C#N)(NCCCN=[N+]=[N-])CC1. The van der Waals surface area contributed by atoms with Crippen LogP contribution < -0.4 is 5.32 Å². The number of nitrogens with zero attached hydrogens (tertiary/aromatic N) is 4. The van der Waals surface area contributed by atoms with Gasteiger partial charge in [0.1, 0.15) is 5.54 Å². The molecule has 18 heavy (non-hydrogen) atoms. The first kappa shape index (κ1) is 14.8. The fourth-order valence-corrected chi connectivity index (χ4v) is 2.72. The molecule has 0 bridgehead atoms. The maximum Gasteiger partial charge on any atom is 0.106 e. The predicted molar refractivity (Wildman–Crippen MR) is 71.8 cm³/mol. The number of azide groups is 1. The summed E-state index contributed by atoms with van der Waals surface area (Å²) in [5.74, 6) is 0.807. The van der Waals surface area contributed by atoms with Crippen molar-refractivity contribution in [3.05, 3.63) is 10.4 Å². The van der Waals surface area contributed by atoms with Gasteiger partial charge in [0.25, 0.3) is 0 Å². The van der Waals surface area contributed by atoms with Crippen LogP contribution in [0.2, 0.25) is 0 Å². The summed E-state index contributed by atoms with van der Waals surface area (Å²) in [5, 5.41) is 16.2. The third-order valence-corrected chi connectivity index (χ3v) is 3.83. The first-order valence-electron chi connectivity index (χ1n) is 6.93. The highest BCUT2D eigenvalue weighted by atomic mass is 15.1. The van der Waals surface area contributed by atoms with Crippen molar-refractivity contribution in [1.29, 1.82) is 5.26 Å². The van der Waals surface area contributed by atoms with E-state index >= 15 is 0 Å². The van der Waals surface area contributed by atoms with Gasteiger partial charge in [0.2, 0.25) is 0 Å². The van der Waals surface area contributed by atoms with E-state index in [4.69, 9.17) is 5.53 Å². The van der Waals surface area contributed by atoms with Crippen molar-refractivity contribution in [2.45, 2.75) is 57.4 Å². The Hall–Kier alpha value is -1.24. The highest BCUT2D eigenvalue weighted by molar-refractivity contribution is 5.09. The lowest BCUT2D eigenvalue weighted by atomic mass is 9.76. The van der Waals surface area contributed by atoms with Crippen molar-refractivity contribution < 1.29 is 0 Å². The molecule has 1 N–H and O–H groups in total. The van der Waals surface area contributed by atoms with Gasteiger partial charge >= 0.3 is 0 Å². The van der Waals surface area contributed by atoms with Crippen molar-refractivity contribution in [1.82, 2.24) is 5.32 Å². The van der Waals surface area contributed by atoms with Gasteiger partial charge in [-0.05, 0) is 50.1 Å². The molecule has 0 aromatic heterocycles. The molecule has 0 aliphatic heterocycles. The second-order valence-electron chi connectivity index (χ2n) is 5.16. The van der Waals surface area contributed by atoms with Gasteiger partial charge in [0.05, 0.1) is 6.07 Å². The molecular weight excluding hydrogens is 226 g/mol. The molecule has 5 heteroatoms. The van der Waals surface area contributed by atoms with Gasteiger partial charge in [-0.3, -0.25) is 5.32 Å². The summed E-state index contributed by atoms with van der Waals surface area (Å²) in [4.78, 5) is 2.72. The molecule has 1 rings (SSSR count). The summed E-state index contributed by atoms with van der Waals surface area (Å²) in [6.07, 6.45) is 7.55. The normalized spacial score (nSPS) is 27.2. The third-order valence-electron chi connectivity index (χ3n) is 3.83. The van der Waals surface area contributed by atoms with Crippen molar-refractivity contribution >= 4 is 0 Å². The van der Waals surface area contributed by atoms with Crippen LogP contribution in [0.25, 0.3) is 10.4 Å². The average molecular weight is 249 g/mol. The zero-order valence-electron chi connectivity index (χ0n) is 11.2. The second kappa shape index (κ2) is 7.97. The van der Waals surface area contributed by atoms with Crippen LogP contribution in [0.4, 0.5) is 0 Å². The Bertz CT molecular complexity index is 319. The van der Waals surface area contributed by atoms with E-state index in [0.29, 0.717) is 6.54 Å². The maximum absolute atomic E-state index is 9.37. The molecule has 1 fully saturated rings. The number of nitrogens with one attached hydrogen (secondary N) is 1. The molecule has 0 spiro atoms. The Labute approximate surface area is 109 Å². The van der Waals surface area contributed by atoms with Gasteiger partial charge in [-0.15, -0.1) is 0 Å². The van der Waals surface area contributed by atoms with Crippen LogP contribution in [0.1, 0.15) is 51.9 Å². The fourth-order valence-electron chi connectivity index (χ4n) is 2.72. The highest BCUT2D eigenvalue weighted by Crippen LogP contribution is 2.33. The summed E-state index contributed by atoms with van der Waals surface area (Å²) in [5.41, 5.74) is 7.84. The Balaban J connectivity index is 2.32. The molecule has 1 saturated carbocycles. The van der Waals surface area contributed by atoms with Crippen molar-refractivity contribution in [3.63, 3.8) is 0 Å². The number of nitriles is 1. The van der Waals surface area contributed by atoms with E-state index < -0.39 is 0 Å². The second-order valence-corrected chi connectivity index (χ2v) is 5.16. The smallest absolute Gasteiger partial charge is 0.106 e. The molecule has 0 aromatic carbocycles. The van der Waals surface area contributed by atoms with Gasteiger partial charge < -0.3 is 0 Å². The van der Waals surface area contributed by atoms with Crippen LogP contribution in [0.15, 0.2) is 5.11 Å². The Morgan fingerprint density at radius 1 is 1.50 bits per heavy atom. The summed E-state index contributed by atoms with van der Waals surface area (Å²) in [6.45, 7) is 3.48. The maximum atomic E-state index is 9.37. The van der Waals surface area contributed by atoms with E-state index in [0.717, 1.165) is 44.6 Å².